The molecule has 2 unspecified atom stereocenters. The van der Waals surface area contributed by atoms with E-state index in [2.05, 4.69) is 6.92 Å². The molecule has 0 aromatic carbocycles. The number of ether oxygens (including phenoxy) is 7. The van der Waals surface area contributed by atoms with Gasteiger partial charge in [0, 0.05) is 31.4 Å². The van der Waals surface area contributed by atoms with Crippen LogP contribution in [0.25, 0.3) is 0 Å². The minimum absolute atomic E-state index is 0.00661. The van der Waals surface area contributed by atoms with Crippen molar-refractivity contribution in [3.05, 3.63) is 0 Å². The number of Topliss-reactive ketones (excluding diaryl/α,β-unsaturated/α-hetero) is 1. The van der Waals surface area contributed by atoms with Gasteiger partial charge in [0.25, 0.3) is 0 Å². The number of esters is 1. The Balaban J connectivity index is 1.78. The maximum absolute atomic E-state index is 13.9. The van der Waals surface area contributed by atoms with Gasteiger partial charge in [-0.05, 0) is 74.4 Å². The van der Waals surface area contributed by atoms with E-state index in [1.54, 1.807) is 20.8 Å². The average Bonchev–Trinajstić information content (AvgIpc) is 3.29. The number of rotatable bonds is 7. The highest BCUT2D eigenvalue weighted by Gasteiger charge is 2.57. The third-order valence-corrected chi connectivity index (χ3v) is 11.1. The predicted molar refractivity (Wildman–Crippen MR) is 168 cm³/mol. The van der Waals surface area contributed by atoms with E-state index in [4.69, 9.17) is 33.2 Å². The largest absolute Gasteiger partial charge is 0.454 e. The summed E-state index contributed by atoms with van der Waals surface area (Å²) in [6.07, 6.45) is -5.92. The van der Waals surface area contributed by atoms with E-state index in [9.17, 15) is 19.8 Å². The molecule has 0 aromatic rings. The zero-order chi connectivity index (χ0) is 34.5. The zero-order valence-electron chi connectivity index (χ0n) is 29.8. The summed E-state index contributed by atoms with van der Waals surface area (Å²) in [6, 6.07) is -0.191. The molecule has 0 aliphatic carbocycles. The van der Waals surface area contributed by atoms with Gasteiger partial charge in [-0.1, -0.05) is 20.8 Å². The highest BCUT2D eigenvalue weighted by Crippen LogP contribution is 2.47. The monoisotopic (exact) mass is 657 g/mol. The molecule has 12 heteroatoms. The van der Waals surface area contributed by atoms with Crippen molar-refractivity contribution in [3.63, 3.8) is 0 Å². The Labute approximate surface area is 274 Å². The molecule has 266 valence electrons. The molecular formula is C34H59NO11. The van der Waals surface area contributed by atoms with Gasteiger partial charge in [0.15, 0.2) is 24.5 Å². The summed E-state index contributed by atoms with van der Waals surface area (Å²) in [7, 11) is 5.38. The van der Waals surface area contributed by atoms with E-state index in [0.29, 0.717) is 12.8 Å². The normalized spacial score (nSPS) is 50.6. The Morgan fingerprint density at radius 1 is 0.978 bits per heavy atom. The first-order valence-corrected chi connectivity index (χ1v) is 16.9. The molecule has 2 bridgehead atoms. The number of aliphatic hydroxyl groups is 2. The summed E-state index contributed by atoms with van der Waals surface area (Å²) in [5.41, 5.74) is -1.85. The van der Waals surface area contributed by atoms with Crippen LogP contribution < -0.4 is 0 Å². The molecule has 4 heterocycles. The van der Waals surface area contributed by atoms with Crippen LogP contribution >= 0.6 is 0 Å². The maximum Gasteiger partial charge on any atom is 0.312 e. The third kappa shape index (κ3) is 7.35. The number of methoxy groups -OCH3 is 1. The van der Waals surface area contributed by atoms with Gasteiger partial charge >= 0.3 is 5.97 Å². The molecule has 4 aliphatic heterocycles. The standard InChI is InChI=1S/C34H59NO11/c1-16-14-34(9)30(45-32-25(37)23(35(10)11)13-17(2)41-32)19(4)27(43-24-15-33(8,40-12)29(38)22(7)42-24)20(5)31(39)44-28(21(6)36)18(3)26(16)46-34/h16-20,22-30,32,37-38H,13-15H2,1-12H3/t16?,17-,18+,19+,20-,22+,23+,24+,25-,26?,27+,28-,29+,30-,32+,33-,34-/m1/s1. The second kappa shape index (κ2) is 14.3. The lowest BCUT2D eigenvalue weighted by Gasteiger charge is -2.48. The minimum Gasteiger partial charge on any atom is -0.454 e. The highest BCUT2D eigenvalue weighted by molar-refractivity contribution is 5.84. The number of likely N-dealkylation sites (N-methyl/N-ethyl adjacent to an activating group) is 1. The molecule has 0 saturated carbocycles. The Morgan fingerprint density at radius 2 is 1.63 bits per heavy atom. The maximum atomic E-state index is 13.9. The summed E-state index contributed by atoms with van der Waals surface area (Å²) in [4.78, 5) is 28.7. The topological polar surface area (TPSA) is 142 Å². The molecule has 0 amide bonds. The van der Waals surface area contributed by atoms with Crippen LogP contribution in [-0.4, -0.2) is 127 Å². The van der Waals surface area contributed by atoms with Crippen LogP contribution in [0, 0.1) is 23.7 Å². The first-order chi connectivity index (χ1) is 21.3. The van der Waals surface area contributed by atoms with E-state index in [0.717, 1.165) is 0 Å². The number of carbonyl (C=O) groups excluding carboxylic acids is 2. The Hall–Kier alpha value is -1.22. The Bertz CT molecular complexity index is 1080. The molecule has 17 atom stereocenters. The first-order valence-electron chi connectivity index (χ1n) is 16.9. The number of aliphatic hydroxyl groups excluding tert-OH is 2. The number of hydrogen-bond acceptors (Lipinski definition) is 12. The zero-order valence-corrected chi connectivity index (χ0v) is 29.8. The van der Waals surface area contributed by atoms with Crippen LogP contribution in [0.4, 0.5) is 0 Å². The SMILES string of the molecule is CO[C@]1(C)C[C@H](O[C@H]2[C@H](C)[C@@H](O[C@@H]3O[C@H](C)C[C@H](N(C)C)[C@H]3O)[C@@]3(C)CC(C)C(O3)[C@H](C)[C@H](C(C)=O)OC(=O)[C@@H]2C)O[C@@H](C)[C@@H]1O. The molecule has 0 aromatic heterocycles. The highest BCUT2D eigenvalue weighted by atomic mass is 16.7. The van der Waals surface area contributed by atoms with Crippen molar-refractivity contribution < 1.29 is 53.0 Å². The number of nitrogens with zero attached hydrogens (tertiary/aromatic N) is 1. The van der Waals surface area contributed by atoms with Crippen molar-refractivity contribution in [2.45, 2.75) is 160 Å². The summed E-state index contributed by atoms with van der Waals surface area (Å²) >= 11 is 0. The smallest absolute Gasteiger partial charge is 0.312 e. The van der Waals surface area contributed by atoms with Crippen molar-refractivity contribution in [1.29, 1.82) is 0 Å². The van der Waals surface area contributed by atoms with Crippen LogP contribution in [0.15, 0.2) is 0 Å². The van der Waals surface area contributed by atoms with Crippen LogP contribution in [0.1, 0.15) is 81.6 Å². The van der Waals surface area contributed by atoms with E-state index in [1.807, 2.05) is 46.7 Å². The minimum atomic E-state index is -0.999. The van der Waals surface area contributed by atoms with Crippen molar-refractivity contribution in [1.82, 2.24) is 4.90 Å². The number of ketones is 1. The first kappa shape index (κ1) is 37.6. The molecular weight excluding hydrogens is 598 g/mol. The lowest BCUT2D eigenvalue weighted by atomic mass is 9.77. The third-order valence-electron chi connectivity index (χ3n) is 11.1. The fraction of sp³-hybridized carbons (Fsp3) is 0.941. The molecule has 4 saturated heterocycles. The van der Waals surface area contributed by atoms with Crippen LogP contribution in [0.3, 0.4) is 0 Å². The van der Waals surface area contributed by atoms with Gasteiger partial charge in [0.05, 0.1) is 47.6 Å². The van der Waals surface area contributed by atoms with E-state index in [1.165, 1.54) is 14.0 Å². The van der Waals surface area contributed by atoms with E-state index in [-0.39, 0.29) is 30.3 Å². The molecule has 12 nitrogen and oxygen atoms in total. The Morgan fingerprint density at radius 3 is 2.22 bits per heavy atom. The quantitative estimate of drug-likeness (QED) is 0.389. The molecule has 4 fully saturated rings. The van der Waals surface area contributed by atoms with Gasteiger partial charge in [-0.3, -0.25) is 9.59 Å². The fourth-order valence-electron chi connectivity index (χ4n) is 8.40. The van der Waals surface area contributed by atoms with Gasteiger partial charge in [0.1, 0.15) is 12.2 Å². The van der Waals surface area contributed by atoms with Crippen molar-refractivity contribution in [2.24, 2.45) is 23.7 Å². The molecule has 46 heavy (non-hydrogen) atoms. The summed E-state index contributed by atoms with van der Waals surface area (Å²) in [5, 5.41) is 22.3. The second-order valence-electron chi connectivity index (χ2n) is 15.2. The summed E-state index contributed by atoms with van der Waals surface area (Å²) in [5.74, 6) is -2.61. The summed E-state index contributed by atoms with van der Waals surface area (Å²) < 4.78 is 44.4. The van der Waals surface area contributed by atoms with Crippen LogP contribution in [0.2, 0.25) is 0 Å². The van der Waals surface area contributed by atoms with Gasteiger partial charge in [-0.15, -0.1) is 0 Å². The van der Waals surface area contributed by atoms with E-state index < -0.39 is 90.2 Å². The number of hydrogen-bond donors (Lipinski definition) is 2. The fourth-order valence-corrected chi connectivity index (χ4v) is 8.40. The van der Waals surface area contributed by atoms with Crippen molar-refractivity contribution in [3.8, 4) is 0 Å². The lowest BCUT2D eigenvalue weighted by molar-refractivity contribution is -0.318. The van der Waals surface area contributed by atoms with Crippen LogP contribution in [0.5, 0.6) is 0 Å². The predicted octanol–water partition coefficient (Wildman–Crippen LogP) is 2.69. The molecule has 0 radical (unpaired) electrons. The molecule has 4 rings (SSSR count). The summed E-state index contributed by atoms with van der Waals surface area (Å²) in [6.45, 7) is 16.5. The number of cyclic esters (lactones) is 1. The van der Waals surface area contributed by atoms with E-state index >= 15 is 0 Å². The van der Waals surface area contributed by atoms with Crippen molar-refractivity contribution >= 4 is 11.8 Å². The van der Waals surface area contributed by atoms with Crippen molar-refractivity contribution in [2.75, 3.05) is 21.2 Å². The van der Waals surface area contributed by atoms with Gasteiger partial charge in [-0.2, -0.15) is 0 Å². The number of carbonyl (C=O) groups is 2. The van der Waals surface area contributed by atoms with Crippen LogP contribution in [-0.2, 0) is 42.7 Å². The molecule has 4 aliphatic rings. The molecule has 0 spiro atoms. The van der Waals surface area contributed by atoms with Gasteiger partial charge in [0.2, 0.25) is 0 Å². The Kier molecular flexibility index (Phi) is 11.7. The number of fused-ring (bicyclic) bond motifs is 2. The lowest BCUT2D eigenvalue weighted by Crippen LogP contribution is -2.60. The van der Waals surface area contributed by atoms with Gasteiger partial charge in [-0.25, -0.2) is 0 Å². The molecule has 2 N–H and O–H groups in total. The second-order valence-corrected chi connectivity index (χ2v) is 15.2. The van der Waals surface area contributed by atoms with Gasteiger partial charge < -0.3 is 48.3 Å². The average molecular weight is 658 g/mol.